The number of hydrogen-bond acceptors (Lipinski definition) is 3. The molecule has 0 saturated carbocycles. The summed E-state index contributed by atoms with van der Waals surface area (Å²) in [5, 5.41) is 18.5. The second kappa shape index (κ2) is 8.15. The van der Waals surface area contributed by atoms with Crippen LogP contribution in [0.1, 0.15) is 11.1 Å². The normalized spacial score (nSPS) is 10.0. The van der Waals surface area contributed by atoms with Crippen molar-refractivity contribution in [3.05, 3.63) is 75.8 Å². The van der Waals surface area contributed by atoms with Gasteiger partial charge in [-0.2, -0.15) is 10.5 Å². The van der Waals surface area contributed by atoms with E-state index in [1.807, 2.05) is 91.8 Å². The number of nitriles is 2. The number of nitrogens with zero attached hydrogens (tertiary/aromatic N) is 3. The average Bonchev–Trinajstić information content (AvgIpc) is 2.60. The van der Waals surface area contributed by atoms with Gasteiger partial charge in [-0.3, -0.25) is 0 Å². The van der Waals surface area contributed by atoms with Crippen molar-refractivity contribution in [1.82, 2.24) is 0 Å². The molecule has 0 atom stereocenters. The Hall–Kier alpha value is -2.82. The third kappa shape index (κ3) is 4.35. The number of benzene rings is 2. The Bertz CT molecular complexity index is 830. The van der Waals surface area contributed by atoms with Gasteiger partial charge in [0.15, 0.2) is 0 Å². The molecule has 0 saturated heterocycles. The molecule has 2 rings (SSSR count). The molecule has 0 unspecified atom stereocenters. The maximum absolute atomic E-state index is 9.26. The molecule has 118 valence electrons. The standard InChI is InChI=1S/C20H16BrN3/c1-24(2)19-10-6-16(7-11-19)20(17(13-22)14-23)12-5-15-3-8-18(21)9-4-15/h3-12H,1-2H3/b12-5+. The van der Waals surface area contributed by atoms with Gasteiger partial charge in [0.25, 0.3) is 0 Å². The van der Waals surface area contributed by atoms with E-state index in [1.165, 1.54) is 0 Å². The smallest absolute Gasteiger partial charge is 0.137 e. The zero-order chi connectivity index (χ0) is 17.5. The molecule has 0 aliphatic carbocycles. The second-order valence-electron chi connectivity index (χ2n) is 5.34. The fourth-order valence-electron chi connectivity index (χ4n) is 2.16. The largest absolute Gasteiger partial charge is 0.378 e. The van der Waals surface area contributed by atoms with E-state index < -0.39 is 0 Å². The summed E-state index contributed by atoms with van der Waals surface area (Å²) in [6.45, 7) is 0. The summed E-state index contributed by atoms with van der Waals surface area (Å²) in [6.07, 6.45) is 3.71. The van der Waals surface area contributed by atoms with Gasteiger partial charge in [-0.05, 0) is 35.4 Å². The zero-order valence-corrected chi connectivity index (χ0v) is 15.1. The van der Waals surface area contributed by atoms with E-state index in [1.54, 1.807) is 0 Å². The first-order valence-electron chi connectivity index (χ1n) is 7.31. The molecule has 4 heteroatoms. The molecule has 2 aromatic rings. The molecule has 0 aliphatic heterocycles. The van der Waals surface area contributed by atoms with Crippen LogP contribution in [-0.4, -0.2) is 14.1 Å². The molecule has 2 aromatic carbocycles. The lowest BCUT2D eigenvalue weighted by Crippen LogP contribution is -2.08. The molecule has 0 aromatic heterocycles. The molecule has 0 aliphatic rings. The molecule has 3 nitrogen and oxygen atoms in total. The molecule has 24 heavy (non-hydrogen) atoms. The predicted molar refractivity (Wildman–Crippen MR) is 102 cm³/mol. The van der Waals surface area contributed by atoms with Gasteiger partial charge in [-0.25, -0.2) is 0 Å². The third-order valence-corrected chi connectivity index (χ3v) is 4.03. The van der Waals surface area contributed by atoms with Crippen LogP contribution in [0.3, 0.4) is 0 Å². The van der Waals surface area contributed by atoms with E-state index in [4.69, 9.17) is 0 Å². The van der Waals surface area contributed by atoms with Crippen molar-refractivity contribution in [3.8, 4) is 12.1 Å². The van der Waals surface area contributed by atoms with Crippen molar-refractivity contribution in [2.24, 2.45) is 0 Å². The van der Waals surface area contributed by atoms with Gasteiger partial charge in [0, 0.05) is 29.8 Å². The van der Waals surface area contributed by atoms with Crippen molar-refractivity contribution in [1.29, 1.82) is 10.5 Å². The molecule has 0 spiro atoms. The van der Waals surface area contributed by atoms with Crippen LogP contribution < -0.4 is 4.90 Å². The fourth-order valence-corrected chi connectivity index (χ4v) is 2.43. The van der Waals surface area contributed by atoms with Crippen LogP contribution in [0.2, 0.25) is 0 Å². The van der Waals surface area contributed by atoms with Crippen LogP contribution in [0, 0.1) is 22.7 Å². The summed E-state index contributed by atoms with van der Waals surface area (Å²) in [5.41, 5.74) is 3.61. The topological polar surface area (TPSA) is 50.8 Å². The van der Waals surface area contributed by atoms with Crippen LogP contribution in [0.15, 0.2) is 64.7 Å². The van der Waals surface area contributed by atoms with E-state index in [9.17, 15) is 10.5 Å². The van der Waals surface area contributed by atoms with Gasteiger partial charge in [-0.1, -0.05) is 52.3 Å². The van der Waals surface area contributed by atoms with Crippen molar-refractivity contribution >= 4 is 33.3 Å². The minimum absolute atomic E-state index is 0.0981. The second-order valence-corrected chi connectivity index (χ2v) is 6.25. The summed E-state index contributed by atoms with van der Waals surface area (Å²) in [6, 6.07) is 19.6. The maximum atomic E-state index is 9.26. The van der Waals surface area contributed by atoms with Gasteiger partial charge >= 0.3 is 0 Å². The highest BCUT2D eigenvalue weighted by molar-refractivity contribution is 9.10. The van der Waals surface area contributed by atoms with E-state index in [-0.39, 0.29) is 5.57 Å². The zero-order valence-electron chi connectivity index (χ0n) is 13.5. The molecule has 0 bridgehead atoms. The van der Waals surface area contributed by atoms with Crippen molar-refractivity contribution in [3.63, 3.8) is 0 Å². The van der Waals surface area contributed by atoms with Gasteiger partial charge < -0.3 is 4.90 Å². The Balaban J connectivity index is 2.43. The highest BCUT2D eigenvalue weighted by atomic mass is 79.9. The summed E-state index contributed by atoms with van der Waals surface area (Å²) in [4.78, 5) is 2.00. The highest BCUT2D eigenvalue weighted by Gasteiger charge is 2.07. The molecule has 0 amide bonds. The number of allylic oxidation sites excluding steroid dienone is 3. The van der Waals surface area contributed by atoms with Gasteiger partial charge in [-0.15, -0.1) is 0 Å². The quantitative estimate of drug-likeness (QED) is 0.554. The lowest BCUT2D eigenvalue weighted by molar-refractivity contribution is 1.13. The highest BCUT2D eigenvalue weighted by Crippen LogP contribution is 2.24. The minimum Gasteiger partial charge on any atom is -0.378 e. The van der Waals surface area contributed by atoms with Crippen molar-refractivity contribution < 1.29 is 0 Å². The van der Waals surface area contributed by atoms with Gasteiger partial charge in [0.05, 0.1) is 0 Å². The van der Waals surface area contributed by atoms with Crippen LogP contribution in [0.25, 0.3) is 11.6 Å². The van der Waals surface area contributed by atoms with Gasteiger partial charge in [0.1, 0.15) is 17.7 Å². The van der Waals surface area contributed by atoms with Crippen LogP contribution in [0.4, 0.5) is 5.69 Å². The van der Waals surface area contributed by atoms with Crippen LogP contribution in [0.5, 0.6) is 0 Å². The molecule has 0 N–H and O–H groups in total. The molecule has 0 heterocycles. The van der Waals surface area contributed by atoms with Crippen LogP contribution >= 0.6 is 15.9 Å². The SMILES string of the molecule is CN(C)c1ccc(C(/C=C/c2ccc(Br)cc2)=C(C#N)C#N)cc1. The summed E-state index contributed by atoms with van der Waals surface area (Å²) in [7, 11) is 3.93. The number of hydrogen-bond donors (Lipinski definition) is 0. The monoisotopic (exact) mass is 377 g/mol. The van der Waals surface area contributed by atoms with E-state index in [0.29, 0.717) is 5.57 Å². The van der Waals surface area contributed by atoms with Gasteiger partial charge in [0.2, 0.25) is 0 Å². The lowest BCUT2D eigenvalue weighted by Gasteiger charge is -2.13. The van der Waals surface area contributed by atoms with E-state index in [0.717, 1.165) is 21.3 Å². The van der Waals surface area contributed by atoms with Crippen LogP contribution in [-0.2, 0) is 0 Å². The average molecular weight is 378 g/mol. The predicted octanol–water partition coefficient (Wildman–Crippen LogP) is 5.03. The number of halogens is 1. The Morgan fingerprint density at radius 3 is 2.04 bits per heavy atom. The van der Waals surface area contributed by atoms with Crippen molar-refractivity contribution in [2.75, 3.05) is 19.0 Å². The lowest BCUT2D eigenvalue weighted by atomic mass is 9.99. The first-order valence-corrected chi connectivity index (χ1v) is 8.10. The summed E-state index contributed by atoms with van der Waals surface area (Å²) < 4.78 is 1.00. The number of anilines is 1. The first kappa shape index (κ1) is 17.5. The molecular formula is C20H16BrN3. The van der Waals surface area contributed by atoms with E-state index >= 15 is 0 Å². The Kier molecular flexibility index (Phi) is 5.95. The molecule has 0 fully saturated rings. The summed E-state index contributed by atoms with van der Waals surface area (Å²) >= 11 is 3.40. The first-order chi connectivity index (χ1) is 11.5. The van der Waals surface area contributed by atoms with E-state index in [2.05, 4.69) is 15.9 Å². The Morgan fingerprint density at radius 2 is 1.54 bits per heavy atom. The minimum atomic E-state index is 0.0981. The third-order valence-electron chi connectivity index (χ3n) is 3.50. The summed E-state index contributed by atoms with van der Waals surface area (Å²) in [5.74, 6) is 0. The molecular weight excluding hydrogens is 362 g/mol. The Labute approximate surface area is 150 Å². The molecule has 0 radical (unpaired) electrons. The number of rotatable bonds is 4. The van der Waals surface area contributed by atoms with Crippen molar-refractivity contribution in [2.45, 2.75) is 0 Å². The Morgan fingerprint density at radius 1 is 0.958 bits per heavy atom. The maximum Gasteiger partial charge on any atom is 0.137 e. The fraction of sp³-hybridized carbons (Fsp3) is 0.100.